The Morgan fingerprint density at radius 2 is 2.05 bits per heavy atom. The van der Waals surface area contributed by atoms with Crippen LogP contribution in [0.2, 0.25) is 5.02 Å². The van der Waals surface area contributed by atoms with Crippen molar-refractivity contribution in [3.8, 4) is 0 Å². The zero-order chi connectivity index (χ0) is 14.1. The van der Waals surface area contributed by atoms with E-state index in [0.717, 1.165) is 20.3 Å². The molecule has 20 heavy (non-hydrogen) atoms. The first-order valence-electron chi connectivity index (χ1n) is 5.96. The van der Waals surface area contributed by atoms with Crippen molar-refractivity contribution in [1.82, 2.24) is 4.98 Å². The van der Waals surface area contributed by atoms with Gasteiger partial charge in [-0.25, -0.2) is 4.98 Å². The third-order valence-corrected chi connectivity index (χ3v) is 5.17. The second-order valence-electron chi connectivity index (χ2n) is 4.34. The van der Waals surface area contributed by atoms with Crippen LogP contribution in [0, 0.1) is 0 Å². The lowest BCUT2D eigenvalue weighted by Gasteiger charge is -2.01. The number of para-hydroxylation sites is 1. The molecule has 0 unspecified atom stereocenters. The summed E-state index contributed by atoms with van der Waals surface area (Å²) in [7, 11) is 0. The van der Waals surface area contributed by atoms with E-state index in [1.807, 2.05) is 36.4 Å². The topological polar surface area (TPSA) is 30.0 Å². The second-order valence-corrected chi connectivity index (χ2v) is 6.63. The highest BCUT2D eigenvalue weighted by molar-refractivity contribution is 9.10. The lowest BCUT2D eigenvalue weighted by Crippen LogP contribution is -2.02. The number of rotatable bonds is 3. The Balaban J connectivity index is 1.86. The van der Waals surface area contributed by atoms with Gasteiger partial charge in [-0.2, -0.15) is 0 Å². The molecule has 100 valence electrons. The fourth-order valence-electron chi connectivity index (χ4n) is 1.90. The van der Waals surface area contributed by atoms with Crippen LogP contribution in [-0.4, -0.2) is 10.8 Å². The number of nitrogens with zero attached hydrogens (tertiary/aromatic N) is 1. The van der Waals surface area contributed by atoms with Crippen molar-refractivity contribution < 1.29 is 4.79 Å². The highest BCUT2D eigenvalue weighted by Crippen LogP contribution is 2.25. The predicted molar refractivity (Wildman–Crippen MR) is 86.8 cm³/mol. The highest BCUT2D eigenvalue weighted by Gasteiger charge is 2.13. The Morgan fingerprint density at radius 3 is 2.80 bits per heavy atom. The van der Waals surface area contributed by atoms with E-state index >= 15 is 0 Å². The van der Waals surface area contributed by atoms with E-state index < -0.39 is 0 Å². The van der Waals surface area contributed by atoms with Gasteiger partial charge in [-0.3, -0.25) is 4.79 Å². The van der Waals surface area contributed by atoms with Crippen LogP contribution in [0.5, 0.6) is 0 Å². The number of benzene rings is 2. The van der Waals surface area contributed by atoms with Crippen molar-refractivity contribution in [2.45, 2.75) is 6.42 Å². The standard InChI is InChI=1S/C15H9BrClNOS/c16-10-7-9(5-6-11(10)17)8-13(19)15-18-12-3-1-2-4-14(12)20-15/h1-7H,8H2. The minimum absolute atomic E-state index is 0.0282. The molecule has 0 aliphatic rings. The number of thiazole rings is 1. The van der Waals surface area contributed by atoms with Crippen molar-refractivity contribution >= 4 is 54.9 Å². The third kappa shape index (κ3) is 2.77. The Bertz CT molecular complexity index is 766. The van der Waals surface area contributed by atoms with Crippen molar-refractivity contribution in [1.29, 1.82) is 0 Å². The maximum Gasteiger partial charge on any atom is 0.195 e. The molecule has 0 N–H and O–H groups in total. The Hall–Kier alpha value is -1.23. The van der Waals surface area contributed by atoms with E-state index in [1.54, 1.807) is 6.07 Å². The van der Waals surface area contributed by atoms with Gasteiger partial charge in [0.15, 0.2) is 10.8 Å². The fourth-order valence-corrected chi connectivity index (χ4v) is 3.35. The minimum atomic E-state index is 0.0282. The zero-order valence-electron chi connectivity index (χ0n) is 10.3. The fraction of sp³-hybridized carbons (Fsp3) is 0.0667. The number of carbonyl (C=O) groups excluding carboxylic acids is 1. The van der Waals surface area contributed by atoms with Crippen LogP contribution in [0.3, 0.4) is 0 Å². The monoisotopic (exact) mass is 365 g/mol. The van der Waals surface area contributed by atoms with E-state index in [1.165, 1.54) is 11.3 Å². The summed E-state index contributed by atoms with van der Waals surface area (Å²) >= 11 is 10.7. The summed E-state index contributed by atoms with van der Waals surface area (Å²) in [6, 6.07) is 13.3. The van der Waals surface area contributed by atoms with Gasteiger partial charge in [-0.05, 0) is 45.8 Å². The first-order valence-corrected chi connectivity index (χ1v) is 7.95. The van der Waals surface area contributed by atoms with Crippen LogP contribution < -0.4 is 0 Å². The van der Waals surface area contributed by atoms with Crippen molar-refractivity contribution in [2.75, 3.05) is 0 Å². The number of hydrogen-bond acceptors (Lipinski definition) is 3. The molecule has 1 heterocycles. The number of ketones is 1. The smallest absolute Gasteiger partial charge is 0.195 e. The lowest BCUT2D eigenvalue weighted by molar-refractivity contribution is 0.0993. The van der Waals surface area contributed by atoms with Gasteiger partial charge in [0.05, 0.1) is 15.2 Å². The molecule has 5 heteroatoms. The molecule has 0 fully saturated rings. The van der Waals surface area contributed by atoms with E-state index in [-0.39, 0.29) is 5.78 Å². The first kappa shape index (κ1) is 13.7. The molecule has 2 nitrogen and oxygen atoms in total. The molecular formula is C15H9BrClNOS. The average Bonchev–Trinajstić information content (AvgIpc) is 2.87. The molecular weight excluding hydrogens is 358 g/mol. The van der Waals surface area contributed by atoms with Gasteiger partial charge in [0.1, 0.15) is 0 Å². The normalized spacial score (nSPS) is 10.9. The number of aromatic nitrogens is 1. The van der Waals surface area contributed by atoms with Crippen LogP contribution in [0.15, 0.2) is 46.9 Å². The van der Waals surface area contributed by atoms with Crippen LogP contribution in [0.4, 0.5) is 0 Å². The average molecular weight is 367 g/mol. The number of halogens is 2. The Morgan fingerprint density at radius 1 is 1.25 bits per heavy atom. The molecule has 2 aromatic carbocycles. The maximum absolute atomic E-state index is 12.3. The summed E-state index contributed by atoms with van der Waals surface area (Å²) in [5.41, 5.74) is 1.80. The lowest BCUT2D eigenvalue weighted by atomic mass is 10.1. The second kappa shape index (κ2) is 5.64. The molecule has 0 bridgehead atoms. The quantitative estimate of drug-likeness (QED) is 0.601. The molecule has 0 radical (unpaired) electrons. The summed E-state index contributed by atoms with van der Waals surface area (Å²) in [6.07, 6.45) is 0.329. The molecule has 0 saturated carbocycles. The SMILES string of the molecule is O=C(Cc1ccc(Cl)c(Br)c1)c1nc2ccccc2s1. The van der Waals surface area contributed by atoms with Crippen molar-refractivity contribution in [2.24, 2.45) is 0 Å². The van der Waals surface area contributed by atoms with Gasteiger partial charge in [-0.1, -0.05) is 29.8 Å². The molecule has 1 aromatic heterocycles. The molecule has 0 saturated heterocycles. The van der Waals surface area contributed by atoms with E-state index in [0.29, 0.717) is 16.5 Å². The van der Waals surface area contributed by atoms with Crippen LogP contribution in [-0.2, 0) is 6.42 Å². The number of hydrogen-bond donors (Lipinski definition) is 0. The van der Waals surface area contributed by atoms with Gasteiger partial charge in [-0.15, -0.1) is 11.3 Å². The van der Waals surface area contributed by atoms with Gasteiger partial charge in [0.25, 0.3) is 0 Å². The van der Waals surface area contributed by atoms with Crippen LogP contribution >= 0.6 is 38.9 Å². The van der Waals surface area contributed by atoms with E-state index in [9.17, 15) is 4.79 Å². The summed E-state index contributed by atoms with van der Waals surface area (Å²) in [5, 5.41) is 1.19. The number of carbonyl (C=O) groups is 1. The number of Topliss-reactive ketones (excluding diaryl/α,β-unsaturated/α-hetero) is 1. The largest absolute Gasteiger partial charge is 0.291 e. The van der Waals surface area contributed by atoms with Crippen molar-refractivity contribution in [3.05, 3.63) is 62.5 Å². The zero-order valence-corrected chi connectivity index (χ0v) is 13.4. The molecule has 0 spiro atoms. The molecule has 3 rings (SSSR count). The van der Waals surface area contributed by atoms with Gasteiger partial charge in [0, 0.05) is 10.9 Å². The minimum Gasteiger partial charge on any atom is -0.291 e. The predicted octanol–water partition coefficient (Wildman–Crippen LogP) is 5.14. The summed E-state index contributed by atoms with van der Waals surface area (Å²) < 4.78 is 1.84. The van der Waals surface area contributed by atoms with Crippen LogP contribution in [0.1, 0.15) is 15.4 Å². The van der Waals surface area contributed by atoms with Gasteiger partial charge in [0.2, 0.25) is 0 Å². The van der Waals surface area contributed by atoms with Crippen LogP contribution in [0.25, 0.3) is 10.2 Å². The summed E-state index contributed by atoms with van der Waals surface area (Å²) in [6.45, 7) is 0. The molecule has 3 aromatic rings. The Labute approximate surface area is 133 Å². The van der Waals surface area contributed by atoms with Gasteiger partial charge >= 0.3 is 0 Å². The molecule has 0 aliphatic heterocycles. The van der Waals surface area contributed by atoms with E-state index in [2.05, 4.69) is 20.9 Å². The molecule has 0 amide bonds. The molecule has 0 aliphatic carbocycles. The van der Waals surface area contributed by atoms with Gasteiger partial charge < -0.3 is 0 Å². The highest BCUT2D eigenvalue weighted by atomic mass is 79.9. The number of fused-ring (bicyclic) bond motifs is 1. The molecule has 0 atom stereocenters. The summed E-state index contributed by atoms with van der Waals surface area (Å²) in [4.78, 5) is 16.7. The van der Waals surface area contributed by atoms with Crippen molar-refractivity contribution in [3.63, 3.8) is 0 Å². The third-order valence-electron chi connectivity index (χ3n) is 2.88. The summed E-state index contributed by atoms with van der Waals surface area (Å²) in [5.74, 6) is 0.0282. The first-order chi connectivity index (χ1) is 9.63. The maximum atomic E-state index is 12.3. The Kier molecular flexibility index (Phi) is 3.87. The van der Waals surface area contributed by atoms with E-state index in [4.69, 9.17) is 11.6 Å².